The molecule has 1 aromatic rings. The van der Waals surface area contributed by atoms with Crippen molar-refractivity contribution in [2.45, 2.75) is 6.42 Å². The van der Waals surface area contributed by atoms with E-state index in [1.807, 2.05) is 0 Å². The number of carbonyl (C=O) groups excluding carboxylic acids is 2. The number of fused-ring (bicyclic) bond motifs is 1. The van der Waals surface area contributed by atoms with Crippen LogP contribution in [0.5, 0.6) is 17.2 Å². The van der Waals surface area contributed by atoms with E-state index in [0.717, 1.165) is 5.56 Å². The average molecular weight is 275 g/mol. The lowest BCUT2D eigenvalue weighted by molar-refractivity contribution is -0.124. The third kappa shape index (κ3) is 2.20. The second-order valence-corrected chi connectivity index (χ2v) is 4.47. The Morgan fingerprint density at radius 1 is 1.25 bits per heavy atom. The average Bonchev–Trinajstić information content (AvgIpc) is 2.76. The van der Waals surface area contributed by atoms with E-state index in [1.165, 1.54) is 7.11 Å². The van der Waals surface area contributed by atoms with E-state index in [1.54, 1.807) is 18.2 Å². The number of imide groups is 1. The highest BCUT2D eigenvalue weighted by Crippen LogP contribution is 2.40. The zero-order valence-electron chi connectivity index (χ0n) is 10.9. The molecule has 20 heavy (non-hydrogen) atoms. The fraction of sp³-hybridized carbons (Fsp3) is 0.286. The summed E-state index contributed by atoms with van der Waals surface area (Å²) in [5, 5.41) is 2.24. The number of nitrogens with one attached hydrogen (secondary N) is 1. The maximum Gasteiger partial charge on any atom is 0.254 e. The van der Waals surface area contributed by atoms with Gasteiger partial charge in [-0.3, -0.25) is 14.9 Å². The monoisotopic (exact) mass is 275 g/mol. The molecule has 1 fully saturated rings. The summed E-state index contributed by atoms with van der Waals surface area (Å²) in [4.78, 5) is 22.7. The van der Waals surface area contributed by atoms with E-state index in [4.69, 9.17) is 14.2 Å². The van der Waals surface area contributed by atoms with Crippen molar-refractivity contribution in [1.29, 1.82) is 0 Å². The summed E-state index contributed by atoms with van der Waals surface area (Å²) in [6.45, 7) is 0.940. The van der Waals surface area contributed by atoms with Crippen LogP contribution in [-0.2, 0) is 9.59 Å². The predicted molar refractivity (Wildman–Crippen MR) is 69.7 cm³/mol. The summed E-state index contributed by atoms with van der Waals surface area (Å²) >= 11 is 0. The van der Waals surface area contributed by atoms with Crippen molar-refractivity contribution in [3.63, 3.8) is 0 Å². The third-order valence-electron chi connectivity index (χ3n) is 3.09. The molecule has 3 rings (SSSR count). The Morgan fingerprint density at radius 2 is 2.05 bits per heavy atom. The molecule has 104 valence electrons. The molecule has 0 radical (unpaired) electrons. The topological polar surface area (TPSA) is 73.9 Å². The minimum absolute atomic E-state index is 0.0928. The molecule has 0 bridgehead atoms. The first kappa shape index (κ1) is 12.5. The van der Waals surface area contributed by atoms with Crippen LogP contribution >= 0.6 is 0 Å². The van der Waals surface area contributed by atoms with E-state index in [0.29, 0.717) is 36.0 Å². The van der Waals surface area contributed by atoms with Gasteiger partial charge in [-0.15, -0.1) is 0 Å². The van der Waals surface area contributed by atoms with Crippen LogP contribution in [0.15, 0.2) is 17.7 Å². The number of ether oxygens (including phenoxy) is 3. The first-order chi connectivity index (χ1) is 9.67. The number of hydrogen-bond donors (Lipinski definition) is 1. The molecule has 0 saturated carbocycles. The zero-order valence-corrected chi connectivity index (χ0v) is 10.9. The van der Waals surface area contributed by atoms with Crippen LogP contribution in [0.3, 0.4) is 0 Å². The van der Waals surface area contributed by atoms with Gasteiger partial charge < -0.3 is 14.2 Å². The van der Waals surface area contributed by atoms with Gasteiger partial charge >= 0.3 is 0 Å². The van der Waals surface area contributed by atoms with Gasteiger partial charge in [-0.1, -0.05) is 0 Å². The lowest BCUT2D eigenvalue weighted by Gasteiger charge is -2.21. The van der Waals surface area contributed by atoms with Crippen LogP contribution in [0, 0.1) is 0 Å². The van der Waals surface area contributed by atoms with Gasteiger partial charge in [-0.25, -0.2) is 0 Å². The fourth-order valence-corrected chi connectivity index (χ4v) is 2.20. The Balaban J connectivity index is 2.00. The highest BCUT2D eigenvalue weighted by atomic mass is 16.6. The molecule has 2 aliphatic rings. The summed E-state index contributed by atoms with van der Waals surface area (Å²) in [5.74, 6) is 1.04. The molecule has 1 N–H and O–H groups in total. The molecule has 0 atom stereocenters. The van der Waals surface area contributed by atoms with Gasteiger partial charge in [0.25, 0.3) is 5.91 Å². The Labute approximate surface area is 115 Å². The SMILES string of the molecule is COc1cc(C=C2CC(=O)NC2=O)cc2c1OCCO2. The number of amides is 2. The van der Waals surface area contributed by atoms with Crippen LogP contribution in [0.2, 0.25) is 0 Å². The van der Waals surface area contributed by atoms with Crippen LogP contribution in [0.4, 0.5) is 0 Å². The minimum atomic E-state index is -0.358. The first-order valence-electron chi connectivity index (χ1n) is 6.20. The Morgan fingerprint density at radius 3 is 2.75 bits per heavy atom. The van der Waals surface area contributed by atoms with Gasteiger partial charge in [0.15, 0.2) is 11.5 Å². The van der Waals surface area contributed by atoms with Crippen LogP contribution < -0.4 is 19.5 Å². The van der Waals surface area contributed by atoms with E-state index >= 15 is 0 Å². The van der Waals surface area contributed by atoms with Crippen molar-refractivity contribution < 1.29 is 23.8 Å². The van der Waals surface area contributed by atoms with E-state index in [2.05, 4.69) is 5.32 Å². The Bertz CT molecular complexity index is 603. The van der Waals surface area contributed by atoms with Crippen molar-refractivity contribution in [2.24, 2.45) is 0 Å². The molecule has 1 aromatic carbocycles. The summed E-state index contributed by atoms with van der Waals surface area (Å²) in [6, 6.07) is 3.51. The van der Waals surface area contributed by atoms with Crippen molar-refractivity contribution >= 4 is 17.9 Å². The summed E-state index contributed by atoms with van der Waals surface area (Å²) in [7, 11) is 1.54. The molecule has 0 unspecified atom stereocenters. The number of benzene rings is 1. The number of hydrogen-bond acceptors (Lipinski definition) is 5. The van der Waals surface area contributed by atoms with Crippen molar-refractivity contribution in [1.82, 2.24) is 5.32 Å². The second kappa shape index (κ2) is 4.88. The summed E-state index contributed by atoms with van der Waals surface area (Å²) in [6.07, 6.45) is 1.75. The molecule has 1 saturated heterocycles. The molecule has 2 aliphatic heterocycles. The van der Waals surface area contributed by atoms with Crippen LogP contribution in [0.25, 0.3) is 6.08 Å². The minimum Gasteiger partial charge on any atom is -0.493 e. The normalized spacial score (nSPS) is 19.1. The standard InChI is InChI=1S/C14H13NO5/c1-18-10-5-8(4-9-7-12(16)15-14(9)17)6-11-13(10)20-3-2-19-11/h4-6H,2-3,7H2,1H3,(H,15,16,17). The number of methoxy groups -OCH3 is 1. The van der Waals surface area contributed by atoms with E-state index < -0.39 is 0 Å². The third-order valence-corrected chi connectivity index (χ3v) is 3.09. The maximum atomic E-state index is 11.5. The second-order valence-electron chi connectivity index (χ2n) is 4.47. The van der Waals surface area contributed by atoms with E-state index in [9.17, 15) is 9.59 Å². The highest BCUT2D eigenvalue weighted by molar-refractivity contribution is 6.15. The Kier molecular flexibility index (Phi) is 3.06. The molecular formula is C14H13NO5. The maximum absolute atomic E-state index is 11.5. The lowest BCUT2D eigenvalue weighted by Crippen LogP contribution is -2.19. The molecule has 6 heteroatoms. The van der Waals surface area contributed by atoms with Crippen molar-refractivity contribution in [3.8, 4) is 17.2 Å². The van der Waals surface area contributed by atoms with Crippen molar-refractivity contribution in [2.75, 3.05) is 20.3 Å². The fourth-order valence-electron chi connectivity index (χ4n) is 2.20. The lowest BCUT2D eigenvalue weighted by atomic mass is 10.1. The smallest absolute Gasteiger partial charge is 0.254 e. The van der Waals surface area contributed by atoms with Crippen LogP contribution in [0.1, 0.15) is 12.0 Å². The molecule has 6 nitrogen and oxygen atoms in total. The first-order valence-corrected chi connectivity index (χ1v) is 6.20. The van der Waals surface area contributed by atoms with Crippen molar-refractivity contribution in [3.05, 3.63) is 23.3 Å². The predicted octanol–water partition coefficient (Wildman–Crippen LogP) is 0.896. The van der Waals surface area contributed by atoms with Gasteiger partial charge in [0.1, 0.15) is 13.2 Å². The highest BCUT2D eigenvalue weighted by Gasteiger charge is 2.24. The van der Waals surface area contributed by atoms with Gasteiger partial charge in [-0.05, 0) is 23.8 Å². The molecular weight excluding hydrogens is 262 g/mol. The van der Waals surface area contributed by atoms with Gasteiger partial charge in [0.2, 0.25) is 11.7 Å². The van der Waals surface area contributed by atoms with E-state index in [-0.39, 0.29) is 18.2 Å². The molecule has 2 heterocycles. The molecule has 0 aliphatic carbocycles. The van der Waals surface area contributed by atoms with Gasteiger partial charge in [-0.2, -0.15) is 0 Å². The zero-order chi connectivity index (χ0) is 14.1. The number of carbonyl (C=O) groups is 2. The van der Waals surface area contributed by atoms with Crippen LogP contribution in [-0.4, -0.2) is 32.1 Å². The summed E-state index contributed by atoms with van der Waals surface area (Å²) in [5.41, 5.74) is 1.15. The summed E-state index contributed by atoms with van der Waals surface area (Å²) < 4.78 is 16.3. The largest absolute Gasteiger partial charge is 0.493 e. The molecule has 0 spiro atoms. The molecule has 2 amide bonds. The quantitative estimate of drug-likeness (QED) is 0.641. The number of rotatable bonds is 2. The molecule has 0 aromatic heterocycles. The van der Waals surface area contributed by atoms with Gasteiger partial charge in [0.05, 0.1) is 13.5 Å². The van der Waals surface area contributed by atoms with Gasteiger partial charge in [0, 0.05) is 5.57 Å². The Hall–Kier alpha value is -2.50.